The molecule has 0 spiro atoms. The van der Waals surface area contributed by atoms with Crippen molar-refractivity contribution in [1.82, 2.24) is 20.4 Å². The highest BCUT2D eigenvalue weighted by Crippen LogP contribution is 2.27. The van der Waals surface area contributed by atoms with Crippen molar-refractivity contribution in [2.24, 2.45) is 0 Å². The Hall–Kier alpha value is -2.67. The van der Waals surface area contributed by atoms with Crippen LogP contribution in [0.1, 0.15) is 25.7 Å². The molecule has 4 rings (SSSR count). The largest absolute Gasteiger partial charge is 0.343 e. The number of aromatic nitrogens is 2. The van der Waals surface area contributed by atoms with Gasteiger partial charge < -0.3 is 10.2 Å². The molecule has 128 valence electrons. The summed E-state index contributed by atoms with van der Waals surface area (Å²) >= 11 is 1.81. The minimum absolute atomic E-state index is 0.0146. The lowest BCUT2D eigenvalue weighted by molar-refractivity contribution is -0.131. The molecule has 0 fully saturated rings. The lowest BCUT2D eigenvalue weighted by Gasteiger charge is -2.27. The molecule has 0 saturated carbocycles. The van der Waals surface area contributed by atoms with Crippen LogP contribution in [0, 0.1) is 6.92 Å². The van der Waals surface area contributed by atoms with Crippen molar-refractivity contribution in [2.75, 3.05) is 13.1 Å². The van der Waals surface area contributed by atoms with Crippen molar-refractivity contribution in [3.8, 4) is 0 Å². The number of carbonyl (C=O) groups excluding carboxylic acids is 2. The molecule has 7 heteroatoms. The molecular formula is C18H18N4O2S. The minimum Gasteiger partial charge on any atom is -0.343 e. The number of hydrogen-bond donors (Lipinski definition) is 2. The van der Waals surface area contributed by atoms with Crippen molar-refractivity contribution in [1.29, 1.82) is 0 Å². The molecule has 1 aliphatic heterocycles. The van der Waals surface area contributed by atoms with Crippen LogP contribution in [0.2, 0.25) is 0 Å². The number of H-pyrrole nitrogens is 1. The summed E-state index contributed by atoms with van der Waals surface area (Å²) in [5.74, 6) is -0.298. The first-order valence-electron chi connectivity index (χ1n) is 8.17. The molecule has 0 bridgehead atoms. The van der Waals surface area contributed by atoms with Crippen LogP contribution in [0.3, 0.4) is 0 Å². The van der Waals surface area contributed by atoms with E-state index in [0.717, 1.165) is 17.3 Å². The molecule has 6 nitrogen and oxygen atoms in total. The summed E-state index contributed by atoms with van der Waals surface area (Å²) in [4.78, 5) is 29.2. The average molecular weight is 354 g/mol. The van der Waals surface area contributed by atoms with Crippen molar-refractivity contribution >= 4 is 34.1 Å². The van der Waals surface area contributed by atoms with E-state index >= 15 is 0 Å². The summed E-state index contributed by atoms with van der Waals surface area (Å²) in [6.07, 6.45) is 2.57. The normalized spacial score (nSPS) is 13.7. The number of carbonyl (C=O) groups is 2. The van der Waals surface area contributed by atoms with E-state index < -0.39 is 0 Å². The number of nitrogens with one attached hydrogen (secondary N) is 2. The maximum atomic E-state index is 12.4. The highest BCUT2D eigenvalue weighted by atomic mass is 32.1. The van der Waals surface area contributed by atoms with Gasteiger partial charge in [0.25, 0.3) is 5.91 Å². The average Bonchev–Trinajstić information content (AvgIpc) is 3.22. The molecule has 0 atom stereocenters. The Balaban J connectivity index is 1.37. The number of thiophene rings is 1. The highest BCUT2D eigenvalue weighted by Gasteiger charge is 2.22. The topological polar surface area (TPSA) is 78.1 Å². The summed E-state index contributed by atoms with van der Waals surface area (Å²) < 4.78 is 0. The molecule has 2 aromatic heterocycles. The zero-order chi connectivity index (χ0) is 17.4. The van der Waals surface area contributed by atoms with Crippen LogP contribution in [-0.4, -0.2) is 40.0 Å². The predicted octanol–water partition coefficient (Wildman–Crippen LogP) is 2.25. The maximum absolute atomic E-state index is 12.4. The van der Waals surface area contributed by atoms with E-state index in [2.05, 4.69) is 28.5 Å². The maximum Gasteiger partial charge on any atom is 0.251 e. The summed E-state index contributed by atoms with van der Waals surface area (Å²) in [5, 5.41) is 10.4. The molecule has 1 aromatic carbocycles. The Morgan fingerprint density at radius 1 is 1.36 bits per heavy atom. The predicted molar refractivity (Wildman–Crippen MR) is 96.6 cm³/mol. The lowest BCUT2D eigenvalue weighted by Crippen LogP contribution is -2.42. The molecule has 0 saturated heterocycles. The number of hydrogen-bond acceptors (Lipinski definition) is 4. The second-order valence-corrected chi connectivity index (χ2v) is 7.57. The van der Waals surface area contributed by atoms with Crippen LogP contribution < -0.4 is 5.32 Å². The van der Waals surface area contributed by atoms with Crippen molar-refractivity contribution in [3.05, 3.63) is 51.3 Å². The summed E-state index contributed by atoms with van der Waals surface area (Å²) in [5.41, 5.74) is 2.64. The quantitative estimate of drug-likeness (QED) is 0.757. The third-order valence-corrected chi connectivity index (χ3v) is 5.60. The second kappa shape index (κ2) is 6.33. The Labute approximate surface area is 148 Å². The van der Waals surface area contributed by atoms with Crippen molar-refractivity contribution in [2.45, 2.75) is 19.9 Å². The van der Waals surface area contributed by atoms with Gasteiger partial charge in [-0.25, -0.2) is 0 Å². The van der Waals surface area contributed by atoms with Gasteiger partial charge in [0, 0.05) is 33.8 Å². The summed E-state index contributed by atoms with van der Waals surface area (Å²) in [6, 6.07) is 7.45. The minimum atomic E-state index is -0.250. The number of aromatic amines is 1. The van der Waals surface area contributed by atoms with Gasteiger partial charge in [0.2, 0.25) is 5.91 Å². The van der Waals surface area contributed by atoms with E-state index in [1.54, 1.807) is 29.7 Å². The van der Waals surface area contributed by atoms with Crippen LogP contribution in [0.25, 0.3) is 10.9 Å². The third kappa shape index (κ3) is 3.15. The van der Waals surface area contributed by atoms with Crippen LogP contribution in [0.15, 0.2) is 30.5 Å². The molecule has 25 heavy (non-hydrogen) atoms. The van der Waals surface area contributed by atoms with Gasteiger partial charge in [-0.15, -0.1) is 11.3 Å². The van der Waals surface area contributed by atoms with Gasteiger partial charge in [0.15, 0.2) is 0 Å². The number of aryl methyl sites for hydroxylation is 1. The van der Waals surface area contributed by atoms with Crippen molar-refractivity contribution < 1.29 is 9.59 Å². The third-order valence-electron chi connectivity index (χ3n) is 4.45. The van der Waals surface area contributed by atoms with Crippen LogP contribution in [-0.2, 0) is 17.8 Å². The van der Waals surface area contributed by atoms with Gasteiger partial charge in [-0.1, -0.05) is 0 Å². The van der Waals surface area contributed by atoms with Gasteiger partial charge in [-0.3, -0.25) is 14.7 Å². The molecule has 0 radical (unpaired) electrons. The number of benzene rings is 1. The number of amides is 2. The number of rotatable bonds is 3. The smallest absolute Gasteiger partial charge is 0.251 e. The summed E-state index contributed by atoms with van der Waals surface area (Å²) in [7, 11) is 0. The van der Waals surface area contributed by atoms with E-state index in [9.17, 15) is 9.59 Å². The van der Waals surface area contributed by atoms with Crippen LogP contribution in [0.4, 0.5) is 0 Å². The molecule has 0 unspecified atom stereocenters. The van der Waals surface area contributed by atoms with Crippen LogP contribution in [0.5, 0.6) is 0 Å². The highest BCUT2D eigenvalue weighted by molar-refractivity contribution is 7.12. The Kier molecular flexibility index (Phi) is 4.01. The molecular weight excluding hydrogens is 336 g/mol. The van der Waals surface area contributed by atoms with E-state index in [1.165, 1.54) is 15.3 Å². The van der Waals surface area contributed by atoms with E-state index in [-0.39, 0.29) is 18.4 Å². The zero-order valence-electron chi connectivity index (χ0n) is 13.8. The van der Waals surface area contributed by atoms with Gasteiger partial charge in [0.05, 0.1) is 18.3 Å². The Bertz CT molecular complexity index is 959. The van der Waals surface area contributed by atoms with Crippen molar-refractivity contribution in [3.63, 3.8) is 0 Å². The van der Waals surface area contributed by atoms with Gasteiger partial charge >= 0.3 is 0 Å². The fourth-order valence-electron chi connectivity index (χ4n) is 3.15. The van der Waals surface area contributed by atoms with Crippen LogP contribution >= 0.6 is 11.3 Å². The number of fused-ring (bicyclic) bond motifs is 2. The zero-order valence-corrected chi connectivity index (χ0v) is 14.7. The lowest BCUT2D eigenvalue weighted by atomic mass is 10.1. The van der Waals surface area contributed by atoms with Gasteiger partial charge in [-0.2, -0.15) is 5.10 Å². The van der Waals surface area contributed by atoms with E-state index in [4.69, 9.17) is 0 Å². The first kappa shape index (κ1) is 15.8. The molecule has 2 N–H and O–H groups in total. The number of nitrogens with zero attached hydrogens (tertiary/aromatic N) is 2. The molecule has 3 aromatic rings. The van der Waals surface area contributed by atoms with E-state index in [1.807, 2.05) is 11.0 Å². The molecule has 2 amide bonds. The monoisotopic (exact) mass is 354 g/mol. The Morgan fingerprint density at radius 3 is 3.12 bits per heavy atom. The summed E-state index contributed by atoms with van der Waals surface area (Å²) in [6.45, 7) is 3.45. The van der Waals surface area contributed by atoms with Gasteiger partial charge in [-0.05, 0) is 43.2 Å². The second-order valence-electron chi connectivity index (χ2n) is 6.23. The van der Waals surface area contributed by atoms with E-state index in [0.29, 0.717) is 18.7 Å². The first-order chi connectivity index (χ1) is 12.1. The molecule has 1 aliphatic rings. The standard InChI is InChI=1S/C18H18N4O2S/c1-11-6-14-10-22(5-4-16(14)25-11)17(23)9-19-18(24)12-2-3-15-13(7-12)8-20-21-15/h2-3,6-8H,4-5,9-10H2,1H3,(H,19,24)(H,20,21). The first-order valence-corrected chi connectivity index (χ1v) is 8.99. The molecule has 0 aliphatic carbocycles. The van der Waals surface area contributed by atoms with Gasteiger partial charge in [0.1, 0.15) is 0 Å². The fourth-order valence-corrected chi connectivity index (χ4v) is 4.19. The SMILES string of the molecule is Cc1cc2c(s1)CCN(C(=O)CNC(=O)c1ccc3[nH]ncc3c1)C2. The molecule has 3 heterocycles. The fraction of sp³-hybridized carbons (Fsp3) is 0.278. The Morgan fingerprint density at radius 2 is 2.24 bits per heavy atom.